The number of benzene rings is 1. The van der Waals surface area contributed by atoms with Gasteiger partial charge in [0, 0.05) is 42.7 Å². The van der Waals surface area contributed by atoms with Crippen LogP contribution in [0.1, 0.15) is 11.3 Å². The number of aryl methyl sites for hydroxylation is 1. The molecule has 0 bridgehead atoms. The van der Waals surface area contributed by atoms with Gasteiger partial charge < -0.3 is 15.4 Å². The minimum Gasteiger partial charge on any atom is -0.496 e. The number of nitrogens with zero attached hydrogens (tertiary/aromatic N) is 4. The topological polar surface area (TPSA) is 84.3 Å². The summed E-state index contributed by atoms with van der Waals surface area (Å²) in [7, 11) is 3.49. The Labute approximate surface area is 157 Å². The van der Waals surface area contributed by atoms with E-state index >= 15 is 0 Å². The first-order chi connectivity index (χ1) is 13.2. The predicted molar refractivity (Wildman–Crippen MR) is 108 cm³/mol. The molecule has 0 atom stereocenters. The van der Waals surface area contributed by atoms with Gasteiger partial charge in [-0.15, -0.1) is 0 Å². The quantitative estimate of drug-likeness (QED) is 0.718. The number of hydrogen-bond donors (Lipinski definition) is 2. The normalized spacial score (nSPS) is 12.0. The molecule has 4 rings (SSSR count). The van der Waals surface area contributed by atoms with E-state index in [1.165, 1.54) is 5.56 Å². The van der Waals surface area contributed by atoms with Crippen molar-refractivity contribution >= 4 is 29.4 Å². The zero-order valence-electron chi connectivity index (χ0n) is 15.4. The third-order valence-electron chi connectivity index (χ3n) is 4.35. The second-order valence-corrected chi connectivity index (χ2v) is 6.22. The number of anilines is 3. The lowest BCUT2D eigenvalue weighted by Gasteiger charge is -2.13. The maximum absolute atomic E-state index is 5.54. The van der Waals surface area contributed by atoms with Gasteiger partial charge >= 0.3 is 0 Å². The van der Waals surface area contributed by atoms with Crippen LogP contribution in [0, 0.1) is 6.92 Å². The van der Waals surface area contributed by atoms with E-state index in [2.05, 4.69) is 36.6 Å². The molecule has 0 radical (unpaired) electrons. The number of pyridine rings is 1. The minimum atomic E-state index is 0.533. The van der Waals surface area contributed by atoms with Gasteiger partial charge in [-0.05, 0) is 36.8 Å². The Morgan fingerprint density at radius 1 is 1.11 bits per heavy atom. The van der Waals surface area contributed by atoms with Crippen molar-refractivity contribution in [1.29, 1.82) is 0 Å². The van der Waals surface area contributed by atoms with Crippen LogP contribution in [0.25, 0.3) is 11.3 Å². The molecule has 1 aliphatic heterocycles. The number of aliphatic imine (C=N–C) groups is 1. The summed E-state index contributed by atoms with van der Waals surface area (Å²) in [4.78, 5) is 17.8. The molecule has 27 heavy (non-hydrogen) atoms. The Hall–Kier alpha value is -3.48. The first-order valence-electron chi connectivity index (χ1n) is 8.66. The van der Waals surface area contributed by atoms with Crippen LogP contribution in [-0.4, -0.2) is 35.3 Å². The Balaban J connectivity index is 1.70. The molecule has 1 aromatic carbocycles. The Bertz CT molecular complexity index is 1030. The van der Waals surface area contributed by atoms with Crippen LogP contribution in [0.2, 0.25) is 0 Å². The number of hydrogen-bond acceptors (Lipinski definition) is 7. The summed E-state index contributed by atoms with van der Waals surface area (Å²) < 4.78 is 5.54. The molecule has 3 heterocycles. The fourth-order valence-electron chi connectivity index (χ4n) is 3.03. The molecule has 3 aromatic rings. The van der Waals surface area contributed by atoms with Gasteiger partial charge in [0.1, 0.15) is 11.6 Å². The van der Waals surface area contributed by atoms with Crippen LogP contribution in [-0.2, 0) is 6.42 Å². The van der Waals surface area contributed by atoms with E-state index in [0.717, 1.165) is 46.3 Å². The van der Waals surface area contributed by atoms with E-state index in [4.69, 9.17) is 4.74 Å². The molecule has 0 saturated heterocycles. The summed E-state index contributed by atoms with van der Waals surface area (Å²) in [5, 5.41) is 6.30. The van der Waals surface area contributed by atoms with Gasteiger partial charge in [-0.2, -0.15) is 4.98 Å². The highest BCUT2D eigenvalue weighted by molar-refractivity contribution is 5.79. The third-order valence-corrected chi connectivity index (χ3v) is 4.35. The van der Waals surface area contributed by atoms with Crippen LogP contribution in [0.3, 0.4) is 0 Å². The van der Waals surface area contributed by atoms with Gasteiger partial charge in [0.2, 0.25) is 5.95 Å². The second kappa shape index (κ2) is 7.03. The molecule has 1 aliphatic rings. The van der Waals surface area contributed by atoms with Gasteiger partial charge in [0.15, 0.2) is 0 Å². The highest BCUT2D eigenvalue weighted by Crippen LogP contribution is 2.35. The molecule has 7 nitrogen and oxygen atoms in total. The molecule has 2 N–H and O–H groups in total. The van der Waals surface area contributed by atoms with Crippen molar-refractivity contribution in [2.24, 2.45) is 4.99 Å². The van der Waals surface area contributed by atoms with Gasteiger partial charge in [-0.1, -0.05) is 0 Å². The zero-order valence-corrected chi connectivity index (χ0v) is 15.4. The first-order valence-corrected chi connectivity index (χ1v) is 8.66. The maximum Gasteiger partial charge on any atom is 0.229 e. The second-order valence-electron chi connectivity index (χ2n) is 6.22. The van der Waals surface area contributed by atoms with E-state index in [1.807, 2.05) is 44.5 Å². The Morgan fingerprint density at radius 2 is 2.00 bits per heavy atom. The molecule has 0 unspecified atom stereocenters. The van der Waals surface area contributed by atoms with Crippen LogP contribution in [0.15, 0.2) is 41.5 Å². The standard InChI is InChI=1S/C20H20N6O/c1-12-8-19(21-2)26-20(24-12)25-14-4-5-18(27-3)15(10-14)16-9-13-6-7-22-17(13)11-23-16/h4-5,7-11H,6H2,1-3H3,(H2,21,24,25,26). The molecular weight excluding hydrogens is 340 g/mol. The highest BCUT2D eigenvalue weighted by atomic mass is 16.5. The summed E-state index contributed by atoms with van der Waals surface area (Å²) >= 11 is 0. The molecule has 0 amide bonds. The van der Waals surface area contributed by atoms with Crippen molar-refractivity contribution in [3.63, 3.8) is 0 Å². The summed E-state index contributed by atoms with van der Waals surface area (Å²) in [5.74, 6) is 2.05. The molecule has 0 aliphatic carbocycles. The maximum atomic E-state index is 5.54. The van der Waals surface area contributed by atoms with Crippen LogP contribution in [0.4, 0.5) is 23.1 Å². The largest absolute Gasteiger partial charge is 0.496 e. The van der Waals surface area contributed by atoms with Crippen molar-refractivity contribution in [2.45, 2.75) is 13.3 Å². The van der Waals surface area contributed by atoms with E-state index in [0.29, 0.717) is 5.95 Å². The fraction of sp³-hybridized carbons (Fsp3) is 0.200. The summed E-state index contributed by atoms with van der Waals surface area (Å²) in [6.45, 7) is 1.93. The van der Waals surface area contributed by atoms with Crippen molar-refractivity contribution in [1.82, 2.24) is 15.0 Å². The van der Waals surface area contributed by atoms with Gasteiger partial charge in [-0.3, -0.25) is 9.98 Å². The SMILES string of the molecule is CNc1cc(C)nc(Nc2ccc(OC)c(-c3cc4c(cn3)N=CC4)c2)n1. The predicted octanol–water partition coefficient (Wildman–Crippen LogP) is 3.90. The highest BCUT2D eigenvalue weighted by Gasteiger charge is 2.14. The van der Waals surface area contributed by atoms with E-state index in [1.54, 1.807) is 13.3 Å². The van der Waals surface area contributed by atoms with Crippen molar-refractivity contribution in [3.8, 4) is 17.0 Å². The molecule has 7 heteroatoms. The monoisotopic (exact) mass is 360 g/mol. The van der Waals surface area contributed by atoms with Gasteiger partial charge in [-0.25, -0.2) is 4.98 Å². The van der Waals surface area contributed by atoms with Crippen molar-refractivity contribution in [3.05, 3.63) is 47.8 Å². The average Bonchev–Trinajstić information content (AvgIpc) is 3.15. The number of methoxy groups -OCH3 is 1. The summed E-state index contributed by atoms with van der Waals surface area (Å²) in [5.41, 5.74) is 5.59. The van der Waals surface area contributed by atoms with Crippen LogP contribution in [0.5, 0.6) is 5.75 Å². The Kier molecular flexibility index (Phi) is 4.42. The number of nitrogens with one attached hydrogen (secondary N) is 2. The van der Waals surface area contributed by atoms with Gasteiger partial charge in [0.25, 0.3) is 0 Å². The zero-order chi connectivity index (χ0) is 18.8. The third kappa shape index (κ3) is 3.44. The van der Waals surface area contributed by atoms with E-state index in [9.17, 15) is 0 Å². The molecule has 2 aromatic heterocycles. The number of aromatic nitrogens is 3. The first kappa shape index (κ1) is 17.0. The van der Waals surface area contributed by atoms with Crippen LogP contribution < -0.4 is 15.4 Å². The lowest BCUT2D eigenvalue weighted by atomic mass is 10.1. The van der Waals surface area contributed by atoms with Crippen molar-refractivity contribution < 1.29 is 4.74 Å². The fourth-order valence-corrected chi connectivity index (χ4v) is 3.03. The summed E-state index contributed by atoms with van der Waals surface area (Å²) in [6, 6.07) is 9.79. The number of rotatable bonds is 5. The Morgan fingerprint density at radius 3 is 2.81 bits per heavy atom. The molecule has 0 spiro atoms. The lowest BCUT2D eigenvalue weighted by molar-refractivity contribution is 0.416. The molecule has 0 fully saturated rings. The number of fused-ring (bicyclic) bond motifs is 1. The lowest BCUT2D eigenvalue weighted by Crippen LogP contribution is -2.02. The minimum absolute atomic E-state index is 0.533. The van der Waals surface area contributed by atoms with Crippen LogP contribution >= 0.6 is 0 Å². The molecular formula is C20H20N6O. The van der Waals surface area contributed by atoms with E-state index in [-0.39, 0.29) is 0 Å². The molecule has 136 valence electrons. The number of ether oxygens (including phenoxy) is 1. The summed E-state index contributed by atoms with van der Waals surface area (Å²) in [6.07, 6.45) is 4.53. The average molecular weight is 360 g/mol. The smallest absolute Gasteiger partial charge is 0.229 e. The van der Waals surface area contributed by atoms with Gasteiger partial charge in [0.05, 0.1) is 24.7 Å². The van der Waals surface area contributed by atoms with Crippen molar-refractivity contribution in [2.75, 3.05) is 24.8 Å². The van der Waals surface area contributed by atoms with E-state index < -0.39 is 0 Å². The molecule has 0 saturated carbocycles.